The monoisotopic (exact) mass is 302 g/mol. The van der Waals surface area contributed by atoms with Crippen molar-refractivity contribution in [1.82, 2.24) is 5.43 Å². The van der Waals surface area contributed by atoms with Crippen LogP contribution in [0.5, 0.6) is 11.5 Å². The Balaban J connectivity index is 1.99. The highest BCUT2D eigenvalue weighted by Crippen LogP contribution is 2.27. The van der Waals surface area contributed by atoms with Crippen molar-refractivity contribution in [3.8, 4) is 11.5 Å². The first-order valence-corrected chi connectivity index (χ1v) is 6.72. The molecule has 1 heterocycles. The van der Waals surface area contributed by atoms with Gasteiger partial charge in [0.15, 0.2) is 11.5 Å². The van der Waals surface area contributed by atoms with Crippen LogP contribution >= 0.6 is 0 Å². The number of carbonyl (C=O) groups is 1. The van der Waals surface area contributed by atoms with Crippen LogP contribution in [-0.2, 0) is 11.2 Å². The Hall–Kier alpha value is -2.76. The molecule has 116 valence electrons. The fraction of sp³-hybridized carbons (Fsp3) is 0.250. The number of benzene rings is 1. The number of hydrogen-bond donors (Lipinski definition) is 1. The van der Waals surface area contributed by atoms with Gasteiger partial charge in [0.05, 0.1) is 26.9 Å². The van der Waals surface area contributed by atoms with Gasteiger partial charge in [0, 0.05) is 0 Å². The van der Waals surface area contributed by atoms with E-state index in [0.717, 1.165) is 5.56 Å². The van der Waals surface area contributed by atoms with Crippen molar-refractivity contribution < 1.29 is 18.7 Å². The molecule has 2 rings (SSSR count). The molecule has 22 heavy (non-hydrogen) atoms. The highest BCUT2D eigenvalue weighted by molar-refractivity contribution is 5.96. The minimum atomic E-state index is -0.224. The van der Waals surface area contributed by atoms with Crippen LogP contribution in [0.4, 0.5) is 0 Å². The standard InChI is InChI=1S/C16H18N2O4/c1-11(13-5-4-8-22-13)17-18-16(19)10-12-6-7-14(20-2)15(9-12)21-3/h4-9H,10H2,1-3H3,(H,18,19)/b17-11-. The van der Waals surface area contributed by atoms with Crippen molar-refractivity contribution in [2.24, 2.45) is 5.10 Å². The molecule has 0 radical (unpaired) electrons. The third-order valence-corrected chi connectivity index (χ3v) is 3.04. The third kappa shape index (κ3) is 3.88. The van der Waals surface area contributed by atoms with E-state index < -0.39 is 0 Å². The van der Waals surface area contributed by atoms with Crippen LogP contribution in [0.1, 0.15) is 18.2 Å². The molecule has 6 nitrogen and oxygen atoms in total. The minimum Gasteiger partial charge on any atom is -0.493 e. The van der Waals surface area contributed by atoms with E-state index in [4.69, 9.17) is 13.9 Å². The number of carbonyl (C=O) groups excluding carboxylic acids is 1. The van der Waals surface area contributed by atoms with Crippen LogP contribution in [0.25, 0.3) is 0 Å². The molecule has 1 aromatic carbocycles. The first-order chi connectivity index (χ1) is 10.6. The van der Waals surface area contributed by atoms with Crippen LogP contribution in [0.2, 0.25) is 0 Å². The second-order valence-corrected chi connectivity index (χ2v) is 4.58. The normalized spacial score (nSPS) is 11.1. The summed E-state index contributed by atoms with van der Waals surface area (Å²) in [6.07, 6.45) is 1.75. The topological polar surface area (TPSA) is 73.1 Å². The molecular formula is C16H18N2O4. The van der Waals surface area contributed by atoms with Crippen molar-refractivity contribution in [2.75, 3.05) is 14.2 Å². The van der Waals surface area contributed by atoms with Crippen molar-refractivity contribution >= 4 is 11.6 Å². The predicted molar refractivity (Wildman–Crippen MR) is 82.3 cm³/mol. The number of ether oxygens (including phenoxy) is 2. The molecule has 6 heteroatoms. The lowest BCUT2D eigenvalue weighted by Gasteiger charge is -2.09. The van der Waals surface area contributed by atoms with E-state index >= 15 is 0 Å². The quantitative estimate of drug-likeness (QED) is 0.657. The molecule has 2 aromatic rings. The molecule has 1 amide bonds. The van der Waals surface area contributed by atoms with E-state index in [1.165, 1.54) is 0 Å². The lowest BCUT2D eigenvalue weighted by atomic mass is 10.1. The van der Waals surface area contributed by atoms with E-state index in [9.17, 15) is 4.79 Å². The average molecular weight is 302 g/mol. The maximum atomic E-state index is 11.9. The van der Waals surface area contributed by atoms with Gasteiger partial charge in [-0.25, -0.2) is 5.43 Å². The van der Waals surface area contributed by atoms with Gasteiger partial charge in [0.25, 0.3) is 0 Å². The van der Waals surface area contributed by atoms with Gasteiger partial charge in [-0.3, -0.25) is 4.79 Å². The number of nitrogens with zero attached hydrogens (tertiary/aromatic N) is 1. The summed E-state index contributed by atoms with van der Waals surface area (Å²) in [5.41, 5.74) is 3.91. The zero-order valence-electron chi connectivity index (χ0n) is 12.8. The van der Waals surface area contributed by atoms with E-state index in [-0.39, 0.29) is 12.3 Å². The fourth-order valence-electron chi connectivity index (χ4n) is 1.90. The maximum absolute atomic E-state index is 11.9. The second-order valence-electron chi connectivity index (χ2n) is 4.58. The predicted octanol–water partition coefficient (Wildman–Crippen LogP) is 2.38. The zero-order valence-corrected chi connectivity index (χ0v) is 12.8. The van der Waals surface area contributed by atoms with Crippen LogP contribution in [0.15, 0.2) is 46.1 Å². The lowest BCUT2D eigenvalue weighted by molar-refractivity contribution is -0.120. The van der Waals surface area contributed by atoms with Gasteiger partial charge in [0.1, 0.15) is 11.5 Å². The Morgan fingerprint density at radius 3 is 2.64 bits per heavy atom. The molecule has 0 aliphatic carbocycles. The van der Waals surface area contributed by atoms with Crippen molar-refractivity contribution in [2.45, 2.75) is 13.3 Å². The fourth-order valence-corrected chi connectivity index (χ4v) is 1.90. The Bertz CT molecular complexity index is 663. The number of rotatable bonds is 6. The molecule has 1 N–H and O–H groups in total. The molecule has 0 fully saturated rings. The van der Waals surface area contributed by atoms with E-state index in [1.807, 2.05) is 6.07 Å². The summed E-state index contributed by atoms with van der Waals surface area (Å²) >= 11 is 0. The van der Waals surface area contributed by atoms with Crippen LogP contribution in [0, 0.1) is 0 Å². The molecule has 0 aliphatic heterocycles. The Morgan fingerprint density at radius 1 is 1.23 bits per heavy atom. The number of nitrogens with one attached hydrogen (secondary N) is 1. The van der Waals surface area contributed by atoms with Gasteiger partial charge in [0.2, 0.25) is 5.91 Å². The molecule has 0 aliphatic rings. The van der Waals surface area contributed by atoms with Gasteiger partial charge >= 0.3 is 0 Å². The van der Waals surface area contributed by atoms with E-state index in [1.54, 1.807) is 51.7 Å². The minimum absolute atomic E-state index is 0.190. The van der Waals surface area contributed by atoms with Crippen molar-refractivity contribution in [1.29, 1.82) is 0 Å². The van der Waals surface area contributed by atoms with E-state index in [0.29, 0.717) is 23.0 Å². The average Bonchev–Trinajstić information content (AvgIpc) is 3.07. The number of amides is 1. The Labute approximate surface area is 128 Å². The summed E-state index contributed by atoms with van der Waals surface area (Å²) < 4.78 is 15.6. The second kappa shape index (κ2) is 7.31. The summed E-state index contributed by atoms with van der Waals surface area (Å²) in [5, 5.41) is 4.01. The lowest BCUT2D eigenvalue weighted by Crippen LogP contribution is -2.21. The molecular weight excluding hydrogens is 284 g/mol. The summed E-state index contributed by atoms with van der Waals surface area (Å²) in [5.74, 6) is 1.60. The highest BCUT2D eigenvalue weighted by Gasteiger charge is 2.08. The summed E-state index contributed by atoms with van der Waals surface area (Å²) in [4.78, 5) is 11.9. The maximum Gasteiger partial charge on any atom is 0.244 e. The number of furan rings is 1. The zero-order chi connectivity index (χ0) is 15.9. The molecule has 0 saturated heterocycles. The third-order valence-electron chi connectivity index (χ3n) is 3.04. The molecule has 0 spiro atoms. The molecule has 0 unspecified atom stereocenters. The van der Waals surface area contributed by atoms with Crippen molar-refractivity contribution in [3.05, 3.63) is 47.9 Å². The van der Waals surface area contributed by atoms with Gasteiger partial charge in [-0.15, -0.1) is 0 Å². The first-order valence-electron chi connectivity index (χ1n) is 6.72. The molecule has 0 atom stereocenters. The van der Waals surface area contributed by atoms with Gasteiger partial charge < -0.3 is 13.9 Å². The highest BCUT2D eigenvalue weighted by atomic mass is 16.5. The summed E-state index contributed by atoms with van der Waals surface area (Å²) in [7, 11) is 3.12. The van der Waals surface area contributed by atoms with Gasteiger partial charge in [-0.05, 0) is 36.8 Å². The smallest absolute Gasteiger partial charge is 0.244 e. The number of hydrogen-bond acceptors (Lipinski definition) is 5. The molecule has 0 saturated carbocycles. The largest absolute Gasteiger partial charge is 0.493 e. The van der Waals surface area contributed by atoms with Crippen LogP contribution in [-0.4, -0.2) is 25.8 Å². The Kier molecular flexibility index (Phi) is 5.19. The van der Waals surface area contributed by atoms with Gasteiger partial charge in [-0.1, -0.05) is 6.07 Å². The van der Waals surface area contributed by atoms with E-state index in [2.05, 4.69) is 10.5 Å². The molecule has 1 aromatic heterocycles. The van der Waals surface area contributed by atoms with Crippen molar-refractivity contribution in [3.63, 3.8) is 0 Å². The van der Waals surface area contributed by atoms with Crippen LogP contribution in [0.3, 0.4) is 0 Å². The Morgan fingerprint density at radius 2 is 2.00 bits per heavy atom. The number of hydrazone groups is 1. The molecule has 0 bridgehead atoms. The SMILES string of the molecule is COc1ccc(CC(=O)N/N=C(/C)c2ccco2)cc1OC. The first kappa shape index (κ1) is 15.6. The van der Waals surface area contributed by atoms with Gasteiger partial charge in [-0.2, -0.15) is 5.10 Å². The van der Waals surface area contributed by atoms with Crippen LogP contribution < -0.4 is 14.9 Å². The summed E-state index contributed by atoms with van der Waals surface area (Å²) in [6, 6.07) is 8.88. The summed E-state index contributed by atoms with van der Waals surface area (Å²) in [6.45, 7) is 1.76. The number of methoxy groups -OCH3 is 2.